The van der Waals surface area contributed by atoms with Crippen LogP contribution < -0.4 is 5.32 Å². The molecule has 0 amide bonds. The zero-order valence-corrected chi connectivity index (χ0v) is 15.0. The van der Waals surface area contributed by atoms with E-state index in [1.54, 1.807) is 12.1 Å². The van der Waals surface area contributed by atoms with Gasteiger partial charge in [0.05, 0.1) is 17.6 Å². The van der Waals surface area contributed by atoms with Gasteiger partial charge in [-0.3, -0.25) is 0 Å². The van der Waals surface area contributed by atoms with Crippen molar-refractivity contribution in [3.05, 3.63) is 29.8 Å². The zero-order valence-electron chi connectivity index (χ0n) is 13.3. The molecule has 1 aliphatic rings. The standard InChI is InChI=1S/C15H22N2O4S.ClH/c1-16-10-12-6-5-9-17(11-12)22(19,20)14-8-4-3-7-13(14)15(18)21-2;/h3-4,7-8,12,16H,5-6,9-11H2,1-2H3;1H. The Morgan fingerprint density at radius 1 is 1.39 bits per heavy atom. The number of sulfonamides is 1. The van der Waals surface area contributed by atoms with E-state index in [0.717, 1.165) is 19.4 Å². The first-order valence-electron chi connectivity index (χ1n) is 7.32. The summed E-state index contributed by atoms with van der Waals surface area (Å²) in [6, 6.07) is 6.19. The van der Waals surface area contributed by atoms with Crippen LogP contribution in [0, 0.1) is 5.92 Å². The summed E-state index contributed by atoms with van der Waals surface area (Å²) in [7, 11) is -0.588. The number of nitrogens with one attached hydrogen (secondary N) is 1. The smallest absolute Gasteiger partial charge is 0.339 e. The van der Waals surface area contributed by atoms with Crippen molar-refractivity contribution in [2.75, 3.05) is 33.8 Å². The van der Waals surface area contributed by atoms with Crippen LogP contribution in [-0.4, -0.2) is 52.5 Å². The molecule has 1 aromatic carbocycles. The number of halogens is 1. The molecule has 130 valence electrons. The summed E-state index contributed by atoms with van der Waals surface area (Å²) in [5.74, 6) is -0.346. The van der Waals surface area contributed by atoms with E-state index >= 15 is 0 Å². The Morgan fingerprint density at radius 2 is 2.09 bits per heavy atom. The number of ether oxygens (including phenoxy) is 1. The van der Waals surface area contributed by atoms with Crippen LogP contribution in [0.4, 0.5) is 0 Å². The van der Waals surface area contributed by atoms with E-state index in [4.69, 9.17) is 0 Å². The second-order valence-corrected chi connectivity index (χ2v) is 7.32. The minimum Gasteiger partial charge on any atom is -0.465 e. The maximum Gasteiger partial charge on any atom is 0.339 e. The molecule has 0 aliphatic carbocycles. The predicted octanol–water partition coefficient (Wildman–Crippen LogP) is 1.52. The lowest BCUT2D eigenvalue weighted by molar-refractivity contribution is 0.0596. The van der Waals surface area contributed by atoms with Gasteiger partial charge in [-0.2, -0.15) is 4.31 Å². The Balaban J connectivity index is 0.00000264. The van der Waals surface area contributed by atoms with Gasteiger partial charge in [-0.15, -0.1) is 12.4 Å². The average molecular weight is 363 g/mol. The summed E-state index contributed by atoms with van der Waals surface area (Å²) in [5, 5.41) is 3.09. The summed E-state index contributed by atoms with van der Waals surface area (Å²) in [6.07, 6.45) is 1.83. The van der Waals surface area contributed by atoms with Crippen molar-refractivity contribution in [1.82, 2.24) is 9.62 Å². The lowest BCUT2D eigenvalue weighted by Gasteiger charge is -2.32. The molecule has 23 heavy (non-hydrogen) atoms. The van der Waals surface area contributed by atoms with Crippen LogP contribution in [-0.2, 0) is 14.8 Å². The third kappa shape index (κ3) is 4.44. The molecular weight excluding hydrogens is 340 g/mol. The second-order valence-electron chi connectivity index (χ2n) is 5.42. The fourth-order valence-electron chi connectivity index (χ4n) is 2.81. The van der Waals surface area contributed by atoms with E-state index in [1.807, 2.05) is 7.05 Å². The molecule has 0 spiro atoms. The molecule has 1 N–H and O–H groups in total. The molecule has 0 radical (unpaired) electrons. The van der Waals surface area contributed by atoms with Crippen molar-refractivity contribution in [3.63, 3.8) is 0 Å². The van der Waals surface area contributed by atoms with Crippen LogP contribution in [0.25, 0.3) is 0 Å². The maximum absolute atomic E-state index is 12.9. The zero-order chi connectivity index (χ0) is 16.2. The lowest BCUT2D eigenvalue weighted by atomic mass is 10.00. The van der Waals surface area contributed by atoms with Crippen LogP contribution in [0.2, 0.25) is 0 Å². The minimum absolute atomic E-state index is 0. The molecule has 1 heterocycles. The molecular formula is C15H23ClN2O4S. The third-order valence-corrected chi connectivity index (χ3v) is 5.81. The number of hydrogen-bond acceptors (Lipinski definition) is 5. The monoisotopic (exact) mass is 362 g/mol. The highest BCUT2D eigenvalue weighted by Gasteiger charge is 2.32. The molecule has 0 aromatic heterocycles. The molecule has 1 saturated heterocycles. The highest BCUT2D eigenvalue weighted by atomic mass is 35.5. The molecule has 2 rings (SSSR count). The molecule has 1 unspecified atom stereocenters. The summed E-state index contributed by atoms with van der Waals surface area (Å²) in [6.45, 7) is 1.74. The first-order valence-corrected chi connectivity index (χ1v) is 8.76. The SMILES string of the molecule is CNCC1CCCN(S(=O)(=O)c2ccccc2C(=O)OC)C1.Cl. The van der Waals surface area contributed by atoms with E-state index in [1.165, 1.54) is 23.5 Å². The average Bonchev–Trinajstić information content (AvgIpc) is 2.54. The van der Waals surface area contributed by atoms with Crippen molar-refractivity contribution in [3.8, 4) is 0 Å². The highest BCUT2D eigenvalue weighted by Crippen LogP contribution is 2.26. The van der Waals surface area contributed by atoms with E-state index in [9.17, 15) is 13.2 Å². The van der Waals surface area contributed by atoms with Crippen LogP contribution in [0.1, 0.15) is 23.2 Å². The number of rotatable bonds is 5. The largest absolute Gasteiger partial charge is 0.465 e. The van der Waals surface area contributed by atoms with Gasteiger partial charge in [0.1, 0.15) is 0 Å². The maximum atomic E-state index is 12.9. The highest BCUT2D eigenvalue weighted by molar-refractivity contribution is 7.89. The Labute approximate surface area is 143 Å². The van der Waals surface area contributed by atoms with Gasteiger partial charge in [0, 0.05) is 13.1 Å². The molecule has 1 fully saturated rings. The Hall–Kier alpha value is -1.15. The Bertz CT molecular complexity index is 634. The second kappa shape index (κ2) is 8.63. The van der Waals surface area contributed by atoms with Crippen molar-refractivity contribution >= 4 is 28.4 Å². The van der Waals surface area contributed by atoms with Crippen LogP contribution in [0.5, 0.6) is 0 Å². The fraction of sp³-hybridized carbons (Fsp3) is 0.533. The number of hydrogen-bond donors (Lipinski definition) is 1. The van der Waals surface area contributed by atoms with Gasteiger partial charge in [0.25, 0.3) is 0 Å². The molecule has 6 nitrogen and oxygen atoms in total. The van der Waals surface area contributed by atoms with E-state index < -0.39 is 16.0 Å². The minimum atomic E-state index is -3.69. The number of piperidine rings is 1. The fourth-order valence-corrected chi connectivity index (χ4v) is 4.54. The van der Waals surface area contributed by atoms with E-state index in [0.29, 0.717) is 19.0 Å². The summed E-state index contributed by atoms with van der Waals surface area (Å²) in [4.78, 5) is 11.8. The molecule has 1 atom stereocenters. The van der Waals surface area contributed by atoms with Gasteiger partial charge >= 0.3 is 5.97 Å². The van der Waals surface area contributed by atoms with Crippen molar-refractivity contribution in [1.29, 1.82) is 0 Å². The lowest BCUT2D eigenvalue weighted by Crippen LogP contribution is -2.42. The topological polar surface area (TPSA) is 75.7 Å². The molecule has 1 aliphatic heterocycles. The molecule has 0 saturated carbocycles. The molecule has 1 aromatic rings. The van der Waals surface area contributed by atoms with Crippen molar-refractivity contribution < 1.29 is 17.9 Å². The number of carbonyl (C=O) groups is 1. The van der Waals surface area contributed by atoms with Gasteiger partial charge in [0.15, 0.2) is 0 Å². The van der Waals surface area contributed by atoms with Gasteiger partial charge < -0.3 is 10.1 Å². The van der Waals surface area contributed by atoms with Gasteiger partial charge in [0.2, 0.25) is 10.0 Å². The number of nitrogens with zero attached hydrogens (tertiary/aromatic N) is 1. The van der Waals surface area contributed by atoms with Gasteiger partial charge in [-0.05, 0) is 44.5 Å². The first-order chi connectivity index (χ1) is 10.5. The first kappa shape index (κ1) is 19.9. The van der Waals surface area contributed by atoms with E-state index in [2.05, 4.69) is 10.1 Å². The normalized spacial score (nSPS) is 19.0. The van der Waals surface area contributed by atoms with Crippen molar-refractivity contribution in [2.24, 2.45) is 5.92 Å². The van der Waals surface area contributed by atoms with Gasteiger partial charge in [-0.25, -0.2) is 13.2 Å². The number of carbonyl (C=O) groups excluding carboxylic acids is 1. The van der Waals surface area contributed by atoms with Gasteiger partial charge in [-0.1, -0.05) is 12.1 Å². The van der Waals surface area contributed by atoms with Crippen molar-refractivity contribution in [2.45, 2.75) is 17.7 Å². The summed E-state index contributed by atoms with van der Waals surface area (Å²) < 4.78 is 31.9. The Kier molecular flexibility index (Phi) is 7.47. The van der Waals surface area contributed by atoms with E-state index in [-0.39, 0.29) is 22.9 Å². The molecule has 8 heteroatoms. The number of methoxy groups -OCH3 is 1. The quantitative estimate of drug-likeness (QED) is 0.804. The van der Waals surface area contributed by atoms with Crippen LogP contribution >= 0.6 is 12.4 Å². The third-order valence-electron chi connectivity index (χ3n) is 3.88. The van der Waals surface area contributed by atoms with Crippen LogP contribution in [0.15, 0.2) is 29.2 Å². The molecule has 0 bridgehead atoms. The Morgan fingerprint density at radius 3 is 2.74 bits per heavy atom. The summed E-state index contributed by atoms with van der Waals surface area (Å²) in [5.41, 5.74) is 0.0840. The summed E-state index contributed by atoms with van der Waals surface area (Å²) >= 11 is 0. The number of benzene rings is 1. The predicted molar refractivity (Wildman–Crippen MR) is 90.4 cm³/mol. The number of esters is 1. The van der Waals surface area contributed by atoms with Crippen LogP contribution in [0.3, 0.4) is 0 Å².